The number of allylic oxidation sites excluding steroid dienone is 1. The zero-order valence-electron chi connectivity index (χ0n) is 26.7. The van der Waals surface area contributed by atoms with E-state index in [1.165, 1.54) is 45.6 Å². The minimum Gasteiger partial charge on any atom is -0.465 e. The number of esters is 3. The molecule has 1 N–H and O–H groups in total. The first kappa shape index (κ1) is 32.0. The van der Waals surface area contributed by atoms with Crippen molar-refractivity contribution in [3.63, 3.8) is 0 Å². The van der Waals surface area contributed by atoms with Crippen LogP contribution in [0.3, 0.4) is 0 Å². The normalized spacial score (nSPS) is 36.9. The molecule has 7 nitrogen and oxygen atoms in total. The number of fused-ring (bicyclic) bond motifs is 5. The Morgan fingerprint density at radius 2 is 1.71 bits per heavy atom. The Hall–Kier alpha value is -1.89. The molecular formula is C34H54O7. The van der Waals surface area contributed by atoms with Gasteiger partial charge in [0.25, 0.3) is 0 Å². The lowest BCUT2D eigenvalue weighted by Gasteiger charge is -2.58. The minimum absolute atomic E-state index is 0.0146. The van der Waals surface area contributed by atoms with Gasteiger partial charge in [-0.25, -0.2) is 0 Å². The third-order valence-electron chi connectivity index (χ3n) is 12.0. The van der Waals surface area contributed by atoms with Gasteiger partial charge in [-0.2, -0.15) is 0 Å². The average Bonchev–Trinajstić information content (AvgIpc) is 3.21. The standard InChI is InChI=1S/C34H54O7/c1-20(31(41-23(4)37)18-25(32(5,6)38)19-39-21(2)35)28-11-12-29-27-10-9-24-17-26(40-22(3)36)13-15-33(24,7)30(27)14-16-34(28,29)8/h9,20,25-31,38H,10-19H2,1-8H3. The smallest absolute Gasteiger partial charge is 0.302 e. The van der Waals surface area contributed by atoms with Gasteiger partial charge in [0.05, 0.1) is 12.2 Å². The van der Waals surface area contributed by atoms with Crippen LogP contribution in [0.15, 0.2) is 11.6 Å². The van der Waals surface area contributed by atoms with E-state index in [-0.39, 0.29) is 59.4 Å². The zero-order chi connectivity index (χ0) is 30.3. The van der Waals surface area contributed by atoms with Gasteiger partial charge in [-0.05, 0) is 106 Å². The van der Waals surface area contributed by atoms with Gasteiger partial charge in [0, 0.05) is 33.1 Å². The molecule has 0 aromatic heterocycles. The van der Waals surface area contributed by atoms with Crippen molar-refractivity contribution in [2.45, 2.75) is 131 Å². The second-order valence-electron chi connectivity index (χ2n) is 14.9. The quantitative estimate of drug-likeness (QED) is 0.193. The van der Waals surface area contributed by atoms with E-state index in [0.717, 1.165) is 32.1 Å². The summed E-state index contributed by atoms with van der Waals surface area (Å²) in [7, 11) is 0. The van der Waals surface area contributed by atoms with E-state index < -0.39 is 5.60 Å². The molecule has 0 amide bonds. The molecule has 7 heteroatoms. The first-order chi connectivity index (χ1) is 19.1. The van der Waals surface area contributed by atoms with Crippen molar-refractivity contribution in [1.29, 1.82) is 0 Å². The largest absolute Gasteiger partial charge is 0.465 e. The fourth-order valence-electron chi connectivity index (χ4n) is 9.77. The Labute approximate surface area is 247 Å². The summed E-state index contributed by atoms with van der Waals surface area (Å²) in [6.07, 6.45) is 11.3. The average molecular weight is 575 g/mol. The van der Waals surface area contributed by atoms with Gasteiger partial charge >= 0.3 is 17.9 Å². The van der Waals surface area contributed by atoms with Crippen LogP contribution in [0.25, 0.3) is 0 Å². The summed E-state index contributed by atoms with van der Waals surface area (Å²) in [5.74, 6) is 1.24. The van der Waals surface area contributed by atoms with E-state index in [9.17, 15) is 19.5 Å². The highest BCUT2D eigenvalue weighted by atomic mass is 16.5. The molecule has 4 aliphatic carbocycles. The van der Waals surface area contributed by atoms with Crippen LogP contribution in [0.2, 0.25) is 0 Å². The summed E-state index contributed by atoms with van der Waals surface area (Å²) in [6.45, 7) is 15.1. The van der Waals surface area contributed by atoms with E-state index in [4.69, 9.17) is 14.2 Å². The Kier molecular flexibility index (Phi) is 9.38. The maximum absolute atomic E-state index is 12.3. The molecule has 0 aromatic carbocycles. The van der Waals surface area contributed by atoms with Gasteiger partial charge in [0.1, 0.15) is 12.2 Å². The first-order valence-corrected chi connectivity index (χ1v) is 16.0. The molecule has 232 valence electrons. The maximum Gasteiger partial charge on any atom is 0.302 e. The maximum atomic E-state index is 12.3. The lowest BCUT2D eigenvalue weighted by atomic mass is 9.47. The fraction of sp³-hybridized carbons (Fsp3) is 0.853. The molecule has 4 rings (SSSR count). The molecule has 0 aliphatic heterocycles. The van der Waals surface area contributed by atoms with E-state index in [2.05, 4.69) is 26.8 Å². The summed E-state index contributed by atoms with van der Waals surface area (Å²) in [5.41, 5.74) is 0.768. The second kappa shape index (κ2) is 12.0. The predicted molar refractivity (Wildman–Crippen MR) is 157 cm³/mol. The summed E-state index contributed by atoms with van der Waals surface area (Å²) in [4.78, 5) is 35.4. The summed E-state index contributed by atoms with van der Waals surface area (Å²) < 4.78 is 16.9. The van der Waals surface area contributed by atoms with Gasteiger partial charge in [-0.3, -0.25) is 14.4 Å². The number of hydrogen-bond donors (Lipinski definition) is 1. The van der Waals surface area contributed by atoms with Crippen LogP contribution in [0, 0.1) is 46.3 Å². The van der Waals surface area contributed by atoms with Crippen LogP contribution in [0.5, 0.6) is 0 Å². The molecule has 0 saturated heterocycles. The molecule has 0 radical (unpaired) electrons. The Balaban J connectivity index is 1.53. The van der Waals surface area contributed by atoms with Gasteiger partial charge in [-0.1, -0.05) is 32.4 Å². The van der Waals surface area contributed by atoms with Crippen molar-refractivity contribution >= 4 is 17.9 Å². The monoisotopic (exact) mass is 574 g/mol. The summed E-state index contributed by atoms with van der Waals surface area (Å²) in [6, 6.07) is 0. The highest BCUT2D eigenvalue weighted by Gasteiger charge is 2.60. The number of carbonyl (C=O) groups is 3. The number of ether oxygens (including phenoxy) is 3. The van der Waals surface area contributed by atoms with E-state index >= 15 is 0 Å². The highest BCUT2D eigenvalue weighted by molar-refractivity contribution is 5.66. The summed E-state index contributed by atoms with van der Waals surface area (Å²) >= 11 is 0. The van der Waals surface area contributed by atoms with Gasteiger partial charge in [0.15, 0.2) is 0 Å². The van der Waals surface area contributed by atoms with Crippen LogP contribution in [-0.4, -0.2) is 47.4 Å². The lowest BCUT2D eigenvalue weighted by molar-refractivity contribution is -0.159. The van der Waals surface area contributed by atoms with Crippen molar-refractivity contribution in [3.05, 3.63) is 11.6 Å². The predicted octanol–water partition coefficient (Wildman–Crippen LogP) is 6.41. The van der Waals surface area contributed by atoms with Crippen LogP contribution in [0.1, 0.15) is 113 Å². The second-order valence-corrected chi connectivity index (χ2v) is 14.9. The lowest BCUT2D eigenvalue weighted by Crippen LogP contribution is -2.51. The topological polar surface area (TPSA) is 99.1 Å². The molecule has 3 fully saturated rings. The molecule has 10 atom stereocenters. The number of aliphatic hydroxyl groups is 1. The van der Waals surface area contributed by atoms with Crippen LogP contribution < -0.4 is 0 Å². The van der Waals surface area contributed by atoms with Crippen molar-refractivity contribution in [3.8, 4) is 0 Å². The number of carbonyl (C=O) groups excluding carboxylic acids is 3. The van der Waals surface area contributed by atoms with Crippen LogP contribution in [0.4, 0.5) is 0 Å². The molecule has 10 unspecified atom stereocenters. The minimum atomic E-state index is -1.08. The van der Waals surface area contributed by atoms with Crippen molar-refractivity contribution < 1.29 is 33.7 Å². The van der Waals surface area contributed by atoms with Crippen LogP contribution in [-0.2, 0) is 28.6 Å². The summed E-state index contributed by atoms with van der Waals surface area (Å²) in [5, 5.41) is 10.9. The Morgan fingerprint density at radius 1 is 1.00 bits per heavy atom. The Morgan fingerprint density at radius 3 is 2.32 bits per heavy atom. The van der Waals surface area contributed by atoms with E-state index in [0.29, 0.717) is 30.1 Å². The molecule has 0 aromatic rings. The molecule has 0 heterocycles. The van der Waals surface area contributed by atoms with Gasteiger partial charge in [0.2, 0.25) is 0 Å². The van der Waals surface area contributed by atoms with Crippen molar-refractivity contribution in [1.82, 2.24) is 0 Å². The number of rotatable bonds is 9. The van der Waals surface area contributed by atoms with E-state index in [1.807, 2.05) is 0 Å². The molecule has 4 aliphatic rings. The third-order valence-corrected chi connectivity index (χ3v) is 12.0. The van der Waals surface area contributed by atoms with E-state index in [1.54, 1.807) is 13.8 Å². The first-order valence-electron chi connectivity index (χ1n) is 16.0. The van der Waals surface area contributed by atoms with Crippen molar-refractivity contribution in [2.24, 2.45) is 46.3 Å². The zero-order valence-corrected chi connectivity index (χ0v) is 26.7. The van der Waals surface area contributed by atoms with Gasteiger partial charge in [-0.15, -0.1) is 0 Å². The fourth-order valence-corrected chi connectivity index (χ4v) is 9.77. The molecule has 41 heavy (non-hydrogen) atoms. The Bertz CT molecular complexity index is 1030. The van der Waals surface area contributed by atoms with Gasteiger partial charge < -0.3 is 19.3 Å². The third kappa shape index (κ3) is 6.55. The molecular weight excluding hydrogens is 520 g/mol. The highest BCUT2D eigenvalue weighted by Crippen LogP contribution is 2.67. The molecule has 0 bridgehead atoms. The van der Waals surface area contributed by atoms with Crippen molar-refractivity contribution in [2.75, 3.05) is 6.61 Å². The van der Waals surface area contributed by atoms with Crippen LogP contribution >= 0.6 is 0 Å². The number of hydrogen-bond acceptors (Lipinski definition) is 7. The SMILES string of the molecule is CC(=O)OCC(CC(OC(C)=O)C(C)C1CCC2C3CC=C4CC(OC(C)=O)CCC4(C)C3CCC12C)C(C)(C)O. The molecule has 3 saturated carbocycles. The molecule has 0 spiro atoms.